The van der Waals surface area contributed by atoms with E-state index in [-0.39, 0.29) is 47.3 Å². The van der Waals surface area contributed by atoms with Gasteiger partial charge in [0.25, 0.3) is 5.91 Å². The zero-order valence-electron chi connectivity index (χ0n) is 18.9. The third kappa shape index (κ3) is 3.69. The van der Waals surface area contributed by atoms with E-state index in [2.05, 4.69) is 24.5 Å². The van der Waals surface area contributed by atoms with Crippen molar-refractivity contribution in [2.24, 2.45) is 23.2 Å². The summed E-state index contributed by atoms with van der Waals surface area (Å²) >= 11 is 0. The molecule has 3 aliphatic rings. The highest BCUT2D eigenvalue weighted by Gasteiger charge is 2.69. The van der Waals surface area contributed by atoms with Crippen LogP contribution in [0.1, 0.15) is 37.0 Å². The number of hydrogen-bond acceptors (Lipinski definition) is 4. The summed E-state index contributed by atoms with van der Waals surface area (Å²) in [5, 5.41) is 7.63. The van der Waals surface area contributed by atoms with Gasteiger partial charge in [0.15, 0.2) is 0 Å². The Hall–Kier alpha value is -3.22. The normalized spacial score (nSPS) is 28.2. The second kappa shape index (κ2) is 7.97. The summed E-state index contributed by atoms with van der Waals surface area (Å²) in [6, 6.07) is 12.1. The van der Waals surface area contributed by atoms with Gasteiger partial charge in [0, 0.05) is 24.6 Å². The van der Waals surface area contributed by atoms with Gasteiger partial charge in [-0.3, -0.25) is 14.4 Å². The highest BCUT2D eigenvalue weighted by molar-refractivity contribution is 6.01. The van der Waals surface area contributed by atoms with E-state index in [4.69, 9.17) is 0 Å². The molecule has 7 heteroatoms. The second-order valence-electron chi connectivity index (χ2n) is 10.2. The number of nitrogens with one attached hydrogen (secondary N) is 2. The highest BCUT2D eigenvalue weighted by atomic mass is 16.2. The molecule has 0 bridgehead atoms. The van der Waals surface area contributed by atoms with E-state index < -0.39 is 12.1 Å². The van der Waals surface area contributed by atoms with Crippen molar-refractivity contribution < 1.29 is 19.2 Å². The maximum atomic E-state index is 13.5. The molecule has 2 heterocycles. The van der Waals surface area contributed by atoms with Crippen molar-refractivity contribution in [3.05, 3.63) is 48.0 Å². The first kappa shape index (κ1) is 21.6. The number of likely N-dealkylation sites (tertiary alicyclic amines) is 1. The molecular weight excluding hydrogens is 418 g/mol. The van der Waals surface area contributed by atoms with E-state index in [1.807, 2.05) is 42.5 Å². The Morgan fingerprint density at radius 1 is 1.21 bits per heavy atom. The Balaban J connectivity index is 1.36. The van der Waals surface area contributed by atoms with Crippen LogP contribution in [0.3, 0.4) is 0 Å². The number of nitrogens with zero attached hydrogens (tertiary/aromatic N) is 1. The lowest BCUT2D eigenvalue weighted by Crippen LogP contribution is -2.52. The first-order chi connectivity index (χ1) is 15.8. The molecule has 0 aromatic heterocycles. The molecule has 172 valence electrons. The fourth-order valence-electron chi connectivity index (χ4n) is 5.88. The van der Waals surface area contributed by atoms with Crippen LogP contribution in [0.5, 0.6) is 0 Å². The Kier molecular flexibility index (Phi) is 5.22. The molecule has 5 atom stereocenters. The predicted octanol–water partition coefficient (Wildman–Crippen LogP) is 2.15. The number of hydrogen-bond donors (Lipinski definition) is 2. The van der Waals surface area contributed by atoms with Crippen LogP contribution in [-0.2, 0) is 14.4 Å². The van der Waals surface area contributed by atoms with E-state index in [0.29, 0.717) is 31.4 Å². The van der Waals surface area contributed by atoms with Crippen molar-refractivity contribution in [2.45, 2.75) is 38.8 Å². The largest absolute Gasteiger partial charge is 0.356 e. The Bertz CT molecular complexity index is 1140. The van der Waals surface area contributed by atoms with Gasteiger partial charge in [-0.1, -0.05) is 44.2 Å². The third-order valence-electron chi connectivity index (χ3n) is 7.93. The summed E-state index contributed by atoms with van der Waals surface area (Å²) in [6.45, 7) is 5.37. The van der Waals surface area contributed by atoms with Crippen LogP contribution >= 0.6 is 0 Å². The third-order valence-corrected chi connectivity index (χ3v) is 7.93. The Morgan fingerprint density at radius 2 is 1.97 bits per heavy atom. The number of carbonyl (C=O) groups excluding carboxylic acids is 4. The molecule has 3 fully saturated rings. The molecule has 1 aliphatic carbocycles. The molecule has 0 spiro atoms. The van der Waals surface area contributed by atoms with Crippen LogP contribution < -0.4 is 10.6 Å². The SMILES string of the molecule is CC1(C)[C@@H]2[C@@H](C(=O)N[C@H](C=O)C[C@@H]3CCNC3=O)N(C(=O)c3ccc4ccccc4c3)C[C@@H]21. The monoisotopic (exact) mass is 447 g/mol. The number of fused-ring (bicyclic) bond motifs is 2. The minimum atomic E-state index is -0.745. The molecule has 1 saturated carbocycles. The molecule has 5 rings (SSSR count). The van der Waals surface area contributed by atoms with Crippen molar-refractivity contribution >= 4 is 34.8 Å². The molecule has 7 nitrogen and oxygen atoms in total. The van der Waals surface area contributed by atoms with Gasteiger partial charge in [0.2, 0.25) is 11.8 Å². The number of rotatable bonds is 6. The topological polar surface area (TPSA) is 95.6 Å². The molecule has 2 aromatic rings. The van der Waals surface area contributed by atoms with E-state index in [1.54, 1.807) is 4.90 Å². The maximum Gasteiger partial charge on any atom is 0.254 e. The van der Waals surface area contributed by atoms with Crippen molar-refractivity contribution in [2.75, 3.05) is 13.1 Å². The van der Waals surface area contributed by atoms with Crippen molar-refractivity contribution in [1.82, 2.24) is 15.5 Å². The number of aldehydes is 1. The summed E-state index contributed by atoms with van der Waals surface area (Å²) in [5.41, 5.74) is 0.532. The molecule has 3 amide bonds. The lowest BCUT2D eigenvalue weighted by molar-refractivity contribution is -0.129. The van der Waals surface area contributed by atoms with Gasteiger partial charge in [-0.05, 0) is 53.0 Å². The van der Waals surface area contributed by atoms with Crippen molar-refractivity contribution in [3.8, 4) is 0 Å². The van der Waals surface area contributed by atoms with Crippen molar-refractivity contribution in [1.29, 1.82) is 0 Å². The van der Waals surface area contributed by atoms with Crippen LogP contribution in [0.25, 0.3) is 10.8 Å². The van der Waals surface area contributed by atoms with Gasteiger partial charge >= 0.3 is 0 Å². The Labute approximate surface area is 192 Å². The number of benzene rings is 2. The number of amides is 3. The zero-order chi connectivity index (χ0) is 23.3. The molecule has 0 unspecified atom stereocenters. The van der Waals surface area contributed by atoms with Gasteiger partial charge in [-0.15, -0.1) is 0 Å². The average molecular weight is 448 g/mol. The standard InChI is InChI=1S/C26H29N3O4/c1-26(2)20-13-29(25(33)18-8-7-15-5-3-4-6-16(15)11-18)22(21(20)26)24(32)28-19(14-30)12-17-9-10-27-23(17)31/h3-8,11,14,17,19-22H,9-10,12-13H2,1-2H3,(H,27,31)(H,28,32)/t17-,19-,20-,21-,22-/m0/s1. The quantitative estimate of drug-likeness (QED) is 0.664. The number of piperidine rings is 1. The molecule has 2 aliphatic heterocycles. The van der Waals surface area contributed by atoms with Gasteiger partial charge < -0.3 is 20.3 Å². The summed E-state index contributed by atoms with van der Waals surface area (Å²) in [4.78, 5) is 52.2. The van der Waals surface area contributed by atoms with E-state index in [1.165, 1.54) is 0 Å². The molecule has 0 radical (unpaired) electrons. The lowest BCUT2D eigenvalue weighted by Gasteiger charge is -2.31. The second-order valence-corrected chi connectivity index (χ2v) is 10.2. The summed E-state index contributed by atoms with van der Waals surface area (Å²) in [7, 11) is 0. The Morgan fingerprint density at radius 3 is 2.67 bits per heavy atom. The van der Waals surface area contributed by atoms with Crippen LogP contribution in [0.15, 0.2) is 42.5 Å². The lowest BCUT2D eigenvalue weighted by atomic mass is 9.97. The first-order valence-corrected chi connectivity index (χ1v) is 11.6. The molecular formula is C26H29N3O4. The van der Waals surface area contributed by atoms with E-state index >= 15 is 0 Å². The van der Waals surface area contributed by atoms with Gasteiger partial charge in [0.05, 0.1) is 6.04 Å². The fourth-order valence-corrected chi connectivity index (χ4v) is 5.88. The van der Waals surface area contributed by atoms with Crippen LogP contribution in [-0.4, -0.2) is 54.1 Å². The van der Waals surface area contributed by atoms with Crippen LogP contribution in [0.4, 0.5) is 0 Å². The van der Waals surface area contributed by atoms with E-state index in [9.17, 15) is 19.2 Å². The smallest absolute Gasteiger partial charge is 0.254 e. The highest BCUT2D eigenvalue weighted by Crippen LogP contribution is 2.65. The van der Waals surface area contributed by atoms with Gasteiger partial charge in [-0.2, -0.15) is 0 Å². The van der Waals surface area contributed by atoms with Gasteiger partial charge in [-0.25, -0.2) is 0 Å². The molecule has 33 heavy (non-hydrogen) atoms. The van der Waals surface area contributed by atoms with Crippen LogP contribution in [0, 0.1) is 23.2 Å². The average Bonchev–Trinajstić information content (AvgIpc) is 3.16. The molecule has 2 N–H and O–H groups in total. The minimum absolute atomic E-state index is 0.0236. The molecule has 2 aromatic carbocycles. The molecule has 2 saturated heterocycles. The van der Waals surface area contributed by atoms with E-state index in [0.717, 1.165) is 10.8 Å². The van der Waals surface area contributed by atoms with Crippen molar-refractivity contribution in [3.63, 3.8) is 0 Å². The zero-order valence-corrected chi connectivity index (χ0v) is 18.9. The summed E-state index contributed by atoms with van der Waals surface area (Å²) in [5.74, 6) is -0.505. The first-order valence-electron chi connectivity index (χ1n) is 11.6. The maximum absolute atomic E-state index is 13.5. The van der Waals surface area contributed by atoms with Gasteiger partial charge in [0.1, 0.15) is 12.3 Å². The predicted molar refractivity (Wildman–Crippen MR) is 123 cm³/mol. The van der Waals surface area contributed by atoms with Crippen LogP contribution in [0.2, 0.25) is 0 Å². The minimum Gasteiger partial charge on any atom is -0.356 e. The summed E-state index contributed by atoms with van der Waals surface area (Å²) < 4.78 is 0. The summed E-state index contributed by atoms with van der Waals surface area (Å²) in [6.07, 6.45) is 1.64. The number of carbonyl (C=O) groups is 4. The fraction of sp³-hybridized carbons (Fsp3) is 0.462.